The number of benzene rings is 1. The van der Waals surface area contributed by atoms with Crippen molar-refractivity contribution in [1.82, 2.24) is 9.29 Å². The van der Waals surface area contributed by atoms with Crippen LogP contribution >= 0.6 is 23.2 Å². The first-order valence-electron chi connectivity index (χ1n) is 6.16. The predicted octanol–water partition coefficient (Wildman–Crippen LogP) is 3.35. The molecule has 0 unspecified atom stereocenters. The van der Waals surface area contributed by atoms with Gasteiger partial charge in [-0.25, -0.2) is 4.98 Å². The van der Waals surface area contributed by atoms with Gasteiger partial charge in [0.15, 0.2) is 0 Å². The number of nitrogens with one attached hydrogen (secondary N) is 2. The van der Waals surface area contributed by atoms with Crippen molar-refractivity contribution in [2.75, 3.05) is 24.1 Å². The number of hydrogen-bond donors (Lipinski definition) is 2. The van der Waals surface area contributed by atoms with Crippen LogP contribution in [0.15, 0.2) is 36.5 Å². The molecule has 118 valence electrons. The van der Waals surface area contributed by atoms with Crippen molar-refractivity contribution < 1.29 is 8.42 Å². The summed E-state index contributed by atoms with van der Waals surface area (Å²) in [7, 11) is -0.670. The number of rotatable bonds is 5. The second kappa shape index (κ2) is 6.70. The minimum Gasteiger partial charge on any atom is -0.339 e. The molecule has 6 nitrogen and oxygen atoms in total. The summed E-state index contributed by atoms with van der Waals surface area (Å²) < 4.78 is 26.9. The standard InChI is InChI=1S/C13H14Cl2N4O2S/c1-19(2)22(20,21)18-10-4-6-13(16-8-10)17-12-5-3-9(14)7-11(12)15/h3-8,18H,1-2H3,(H,16,17). The smallest absolute Gasteiger partial charge is 0.301 e. The zero-order valence-corrected chi connectivity index (χ0v) is 14.2. The third kappa shape index (κ3) is 4.23. The van der Waals surface area contributed by atoms with Crippen molar-refractivity contribution in [2.45, 2.75) is 0 Å². The summed E-state index contributed by atoms with van der Waals surface area (Å²) in [5.41, 5.74) is 1.02. The Kier molecular flexibility index (Phi) is 5.12. The Hall–Kier alpha value is -1.54. The number of halogens is 2. The molecule has 2 N–H and O–H groups in total. The van der Waals surface area contributed by atoms with Crippen LogP contribution in [0.2, 0.25) is 10.0 Å². The maximum atomic E-state index is 11.7. The molecular formula is C13H14Cl2N4O2S. The molecule has 0 bridgehead atoms. The monoisotopic (exact) mass is 360 g/mol. The van der Waals surface area contributed by atoms with E-state index in [9.17, 15) is 8.42 Å². The zero-order chi connectivity index (χ0) is 16.3. The lowest BCUT2D eigenvalue weighted by Gasteiger charge is -2.13. The predicted molar refractivity (Wildman–Crippen MR) is 90.2 cm³/mol. The van der Waals surface area contributed by atoms with Crippen LogP contribution in [0.5, 0.6) is 0 Å². The molecule has 0 aliphatic heterocycles. The van der Waals surface area contributed by atoms with Crippen LogP contribution < -0.4 is 10.0 Å². The van der Waals surface area contributed by atoms with Crippen LogP contribution in [-0.4, -0.2) is 31.8 Å². The normalized spacial score (nSPS) is 11.5. The van der Waals surface area contributed by atoms with E-state index < -0.39 is 10.2 Å². The highest BCUT2D eigenvalue weighted by molar-refractivity contribution is 7.90. The van der Waals surface area contributed by atoms with E-state index in [1.165, 1.54) is 20.3 Å². The number of hydrogen-bond acceptors (Lipinski definition) is 4. The van der Waals surface area contributed by atoms with Crippen molar-refractivity contribution in [3.63, 3.8) is 0 Å². The van der Waals surface area contributed by atoms with Gasteiger partial charge in [-0.1, -0.05) is 23.2 Å². The number of anilines is 3. The van der Waals surface area contributed by atoms with Crippen molar-refractivity contribution in [3.8, 4) is 0 Å². The topological polar surface area (TPSA) is 74.3 Å². The van der Waals surface area contributed by atoms with E-state index in [1.54, 1.807) is 30.3 Å². The van der Waals surface area contributed by atoms with Gasteiger partial charge in [0.25, 0.3) is 0 Å². The molecule has 1 heterocycles. The molecule has 0 saturated heterocycles. The molecule has 0 atom stereocenters. The first kappa shape index (κ1) is 16.8. The van der Waals surface area contributed by atoms with Gasteiger partial charge in [0.2, 0.25) is 0 Å². The van der Waals surface area contributed by atoms with Crippen LogP contribution in [0, 0.1) is 0 Å². The SMILES string of the molecule is CN(C)S(=O)(=O)Nc1ccc(Nc2ccc(Cl)cc2Cl)nc1. The molecule has 9 heteroatoms. The highest BCUT2D eigenvalue weighted by Crippen LogP contribution is 2.27. The lowest BCUT2D eigenvalue weighted by Crippen LogP contribution is -2.28. The lowest BCUT2D eigenvalue weighted by atomic mass is 10.3. The Labute approximate surface area is 139 Å². The summed E-state index contributed by atoms with van der Waals surface area (Å²) >= 11 is 11.9. The quantitative estimate of drug-likeness (QED) is 0.857. The van der Waals surface area contributed by atoms with E-state index in [1.807, 2.05) is 0 Å². The highest BCUT2D eigenvalue weighted by Gasteiger charge is 2.13. The Balaban J connectivity index is 2.12. The van der Waals surface area contributed by atoms with Gasteiger partial charge < -0.3 is 5.32 Å². The molecule has 1 aromatic heterocycles. The Bertz CT molecular complexity index is 764. The van der Waals surface area contributed by atoms with E-state index in [-0.39, 0.29) is 0 Å². The van der Waals surface area contributed by atoms with Crippen molar-refractivity contribution in [1.29, 1.82) is 0 Å². The fourth-order valence-electron chi connectivity index (χ4n) is 1.50. The second-order valence-electron chi connectivity index (χ2n) is 4.57. The molecule has 0 aliphatic carbocycles. The van der Waals surface area contributed by atoms with Crippen LogP contribution in [0.3, 0.4) is 0 Å². The van der Waals surface area contributed by atoms with E-state index in [2.05, 4.69) is 15.0 Å². The summed E-state index contributed by atoms with van der Waals surface area (Å²) in [5.74, 6) is 0.525. The maximum absolute atomic E-state index is 11.7. The molecular weight excluding hydrogens is 347 g/mol. The number of pyridine rings is 1. The molecule has 0 fully saturated rings. The van der Waals surface area contributed by atoms with Gasteiger partial charge in [-0.15, -0.1) is 0 Å². The van der Waals surface area contributed by atoms with Crippen LogP contribution in [0.25, 0.3) is 0 Å². The Morgan fingerprint density at radius 1 is 1.14 bits per heavy atom. The minimum absolute atomic E-state index is 0.362. The first-order valence-corrected chi connectivity index (χ1v) is 8.36. The van der Waals surface area contributed by atoms with Gasteiger partial charge in [0.1, 0.15) is 5.82 Å². The second-order valence-corrected chi connectivity index (χ2v) is 7.30. The molecule has 2 aromatic rings. The minimum atomic E-state index is -3.55. The molecule has 2 rings (SSSR count). The number of aromatic nitrogens is 1. The highest BCUT2D eigenvalue weighted by atomic mass is 35.5. The molecule has 22 heavy (non-hydrogen) atoms. The molecule has 0 saturated carbocycles. The zero-order valence-electron chi connectivity index (χ0n) is 11.8. The summed E-state index contributed by atoms with van der Waals surface area (Å²) in [4.78, 5) is 4.13. The molecule has 0 aliphatic rings. The van der Waals surface area contributed by atoms with Gasteiger partial charge in [-0.05, 0) is 30.3 Å². The van der Waals surface area contributed by atoms with Gasteiger partial charge >= 0.3 is 10.2 Å². The fraction of sp³-hybridized carbons (Fsp3) is 0.154. The number of nitrogens with zero attached hydrogens (tertiary/aromatic N) is 2. The molecule has 0 spiro atoms. The van der Waals surface area contributed by atoms with Gasteiger partial charge in [-0.2, -0.15) is 12.7 Å². The molecule has 1 aromatic carbocycles. The van der Waals surface area contributed by atoms with E-state index in [0.717, 1.165) is 4.31 Å². The van der Waals surface area contributed by atoms with Crippen LogP contribution in [0.1, 0.15) is 0 Å². The third-order valence-corrected chi connectivity index (χ3v) is 4.69. The van der Waals surface area contributed by atoms with Crippen molar-refractivity contribution in [2.24, 2.45) is 0 Å². The van der Waals surface area contributed by atoms with Gasteiger partial charge in [-0.3, -0.25) is 4.72 Å². The Morgan fingerprint density at radius 3 is 2.41 bits per heavy atom. The Morgan fingerprint density at radius 2 is 1.86 bits per heavy atom. The first-order chi connectivity index (χ1) is 10.3. The average Bonchev–Trinajstić information content (AvgIpc) is 2.43. The average molecular weight is 361 g/mol. The third-order valence-electron chi connectivity index (χ3n) is 2.68. The fourth-order valence-corrected chi connectivity index (χ4v) is 2.55. The van der Waals surface area contributed by atoms with Crippen molar-refractivity contribution >= 4 is 50.6 Å². The largest absolute Gasteiger partial charge is 0.339 e. The van der Waals surface area contributed by atoms with Gasteiger partial charge in [0, 0.05) is 19.1 Å². The lowest BCUT2D eigenvalue weighted by molar-refractivity contribution is 0.527. The van der Waals surface area contributed by atoms with Gasteiger partial charge in [0.05, 0.1) is 22.6 Å². The summed E-state index contributed by atoms with van der Waals surface area (Å²) in [6.07, 6.45) is 1.41. The summed E-state index contributed by atoms with van der Waals surface area (Å²) in [6.45, 7) is 0. The van der Waals surface area contributed by atoms with E-state index >= 15 is 0 Å². The summed E-state index contributed by atoms with van der Waals surface area (Å²) in [6, 6.07) is 8.29. The summed E-state index contributed by atoms with van der Waals surface area (Å²) in [5, 5.41) is 4.03. The van der Waals surface area contributed by atoms with Crippen LogP contribution in [0.4, 0.5) is 17.2 Å². The molecule has 0 amide bonds. The van der Waals surface area contributed by atoms with Crippen LogP contribution in [-0.2, 0) is 10.2 Å². The van der Waals surface area contributed by atoms with E-state index in [4.69, 9.17) is 23.2 Å². The molecule has 0 radical (unpaired) electrons. The van der Waals surface area contributed by atoms with E-state index in [0.29, 0.717) is 27.2 Å². The maximum Gasteiger partial charge on any atom is 0.301 e. The van der Waals surface area contributed by atoms with Crippen molar-refractivity contribution in [3.05, 3.63) is 46.6 Å².